The summed E-state index contributed by atoms with van der Waals surface area (Å²) in [6, 6.07) is 8.69. The minimum Gasteiger partial charge on any atom is -0.497 e. The van der Waals surface area contributed by atoms with Gasteiger partial charge in [-0.15, -0.1) is 0 Å². The number of hydrogen-bond donors (Lipinski definition) is 0. The molecule has 1 amide bonds. The number of carbonyl (C=O) groups is 1. The summed E-state index contributed by atoms with van der Waals surface area (Å²) in [7, 11) is 1.70. The maximum atomic E-state index is 13.2. The molecule has 1 aromatic carbocycles. The molecule has 27 heavy (non-hydrogen) atoms. The summed E-state index contributed by atoms with van der Waals surface area (Å²) in [5.41, 5.74) is 1.24. The van der Waals surface area contributed by atoms with Crippen molar-refractivity contribution in [2.24, 2.45) is 11.8 Å². The lowest BCUT2D eigenvalue weighted by atomic mass is 9.88. The third-order valence-electron chi connectivity index (χ3n) is 6.58. The Balaban J connectivity index is 1.46. The molecule has 0 aliphatic carbocycles. The van der Waals surface area contributed by atoms with E-state index in [1.807, 2.05) is 12.1 Å². The Morgan fingerprint density at radius 3 is 2.85 bits per heavy atom. The number of piperidine rings is 2. The van der Waals surface area contributed by atoms with Crippen molar-refractivity contribution in [1.82, 2.24) is 9.80 Å². The Hall–Kier alpha value is -1.59. The highest BCUT2D eigenvalue weighted by atomic mass is 16.5. The van der Waals surface area contributed by atoms with E-state index in [9.17, 15) is 4.79 Å². The normalized spacial score (nSPS) is 29.6. The number of ether oxygens (including phenoxy) is 2. The standard InChI is InChI=1S/C22H32N2O3/c1-16-6-9-23(10-7-16)22(25)18-13-21-20(8-11-27-21)24(15-18)14-17-4-3-5-19(12-17)26-2/h3-5,12,16,18,20-21H,6-11,13-15H2,1-2H3/t18-,20+,21+/m0/s1. The first-order valence-electron chi connectivity index (χ1n) is 10.4. The first kappa shape index (κ1) is 18.8. The van der Waals surface area contributed by atoms with E-state index in [-0.39, 0.29) is 12.0 Å². The van der Waals surface area contributed by atoms with Crippen LogP contribution in [0.3, 0.4) is 0 Å². The Morgan fingerprint density at radius 2 is 2.07 bits per heavy atom. The predicted molar refractivity (Wildman–Crippen MR) is 105 cm³/mol. The lowest BCUT2D eigenvalue weighted by Gasteiger charge is -2.42. The van der Waals surface area contributed by atoms with E-state index in [0.717, 1.165) is 70.1 Å². The maximum Gasteiger partial charge on any atom is 0.227 e. The zero-order valence-corrected chi connectivity index (χ0v) is 16.6. The number of methoxy groups -OCH3 is 1. The van der Waals surface area contributed by atoms with Crippen molar-refractivity contribution in [3.05, 3.63) is 29.8 Å². The average molecular weight is 373 g/mol. The Labute approximate surface area is 162 Å². The molecular formula is C22H32N2O3. The molecule has 5 nitrogen and oxygen atoms in total. The number of hydrogen-bond acceptors (Lipinski definition) is 4. The largest absolute Gasteiger partial charge is 0.497 e. The summed E-state index contributed by atoms with van der Waals surface area (Å²) >= 11 is 0. The molecule has 3 fully saturated rings. The summed E-state index contributed by atoms with van der Waals surface area (Å²) in [5.74, 6) is 2.03. The van der Waals surface area contributed by atoms with Crippen molar-refractivity contribution in [2.75, 3.05) is 33.4 Å². The Bertz CT molecular complexity index is 657. The van der Waals surface area contributed by atoms with E-state index in [1.165, 1.54) is 5.56 Å². The van der Waals surface area contributed by atoms with Crippen LogP contribution in [0.1, 0.15) is 38.2 Å². The fourth-order valence-corrected chi connectivity index (χ4v) is 4.91. The highest BCUT2D eigenvalue weighted by Crippen LogP contribution is 2.34. The molecule has 3 saturated heterocycles. The highest BCUT2D eigenvalue weighted by Gasteiger charge is 2.43. The molecule has 148 valence electrons. The second kappa shape index (κ2) is 8.19. The fourth-order valence-electron chi connectivity index (χ4n) is 4.91. The first-order valence-corrected chi connectivity index (χ1v) is 10.4. The van der Waals surface area contributed by atoms with E-state index in [4.69, 9.17) is 9.47 Å². The molecule has 0 unspecified atom stereocenters. The SMILES string of the molecule is COc1cccc(CN2C[C@@H](C(=O)N3CCC(C)CC3)C[C@H]3OCC[C@H]32)c1. The van der Waals surface area contributed by atoms with Crippen molar-refractivity contribution < 1.29 is 14.3 Å². The van der Waals surface area contributed by atoms with Gasteiger partial charge in [-0.2, -0.15) is 0 Å². The number of rotatable bonds is 4. The van der Waals surface area contributed by atoms with Gasteiger partial charge in [-0.3, -0.25) is 9.69 Å². The molecule has 0 aromatic heterocycles. The van der Waals surface area contributed by atoms with Gasteiger partial charge < -0.3 is 14.4 Å². The van der Waals surface area contributed by atoms with Crippen molar-refractivity contribution in [3.8, 4) is 5.75 Å². The van der Waals surface area contributed by atoms with Crippen LogP contribution in [0.5, 0.6) is 5.75 Å². The third kappa shape index (κ3) is 4.14. The quantitative estimate of drug-likeness (QED) is 0.815. The molecule has 0 bridgehead atoms. The van der Waals surface area contributed by atoms with Gasteiger partial charge in [0.15, 0.2) is 0 Å². The molecule has 4 rings (SSSR count). The molecule has 0 radical (unpaired) electrons. The van der Waals surface area contributed by atoms with E-state index in [0.29, 0.717) is 11.9 Å². The van der Waals surface area contributed by atoms with Gasteiger partial charge in [-0.05, 0) is 49.3 Å². The van der Waals surface area contributed by atoms with Gasteiger partial charge in [-0.25, -0.2) is 0 Å². The monoisotopic (exact) mass is 372 g/mol. The summed E-state index contributed by atoms with van der Waals surface area (Å²) in [6.07, 6.45) is 4.41. The molecular weight excluding hydrogens is 340 g/mol. The van der Waals surface area contributed by atoms with Gasteiger partial charge in [0.1, 0.15) is 5.75 Å². The molecule has 0 saturated carbocycles. The lowest BCUT2D eigenvalue weighted by molar-refractivity contribution is -0.141. The van der Waals surface area contributed by atoms with Gasteiger partial charge in [0, 0.05) is 38.8 Å². The Morgan fingerprint density at radius 1 is 1.26 bits per heavy atom. The van der Waals surface area contributed by atoms with Crippen LogP contribution < -0.4 is 4.74 Å². The molecule has 0 N–H and O–H groups in total. The number of benzene rings is 1. The highest BCUT2D eigenvalue weighted by molar-refractivity contribution is 5.79. The van der Waals surface area contributed by atoms with Gasteiger partial charge in [0.2, 0.25) is 5.91 Å². The topological polar surface area (TPSA) is 42.0 Å². The van der Waals surface area contributed by atoms with Crippen LogP contribution in [0.2, 0.25) is 0 Å². The van der Waals surface area contributed by atoms with Gasteiger partial charge in [0.25, 0.3) is 0 Å². The van der Waals surface area contributed by atoms with E-state index < -0.39 is 0 Å². The first-order chi connectivity index (χ1) is 13.1. The van der Waals surface area contributed by atoms with Crippen molar-refractivity contribution >= 4 is 5.91 Å². The number of nitrogens with zero attached hydrogens (tertiary/aromatic N) is 2. The number of amides is 1. The summed E-state index contributed by atoms with van der Waals surface area (Å²) in [5, 5.41) is 0. The van der Waals surface area contributed by atoms with Crippen LogP contribution in [0.4, 0.5) is 0 Å². The van der Waals surface area contributed by atoms with Crippen LogP contribution in [-0.2, 0) is 16.1 Å². The van der Waals surface area contributed by atoms with E-state index >= 15 is 0 Å². The Kier molecular flexibility index (Phi) is 5.69. The average Bonchev–Trinajstić information content (AvgIpc) is 3.17. The second-order valence-electron chi connectivity index (χ2n) is 8.49. The smallest absolute Gasteiger partial charge is 0.227 e. The third-order valence-corrected chi connectivity index (χ3v) is 6.58. The molecule has 5 heteroatoms. The van der Waals surface area contributed by atoms with Crippen LogP contribution in [0.25, 0.3) is 0 Å². The second-order valence-corrected chi connectivity index (χ2v) is 8.49. The van der Waals surface area contributed by atoms with Crippen molar-refractivity contribution in [2.45, 2.75) is 51.3 Å². The predicted octanol–water partition coefficient (Wildman–Crippen LogP) is 2.93. The van der Waals surface area contributed by atoms with Crippen LogP contribution in [-0.4, -0.2) is 61.2 Å². The summed E-state index contributed by atoms with van der Waals surface area (Å²) < 4.78 is 11.4. The van der Waals surface area contributed by atoms with Crippen molar-refractivity contribution in [1.29, 1.82) is 0 Å². The molecule has 3 aliphatic rings. The summed E-state index contributed by atoms with van der Waals surface area (Å²) in [4.78, 5) is 17.7. The minimum atomic E-state index is 0.0587. The molecule has 3 aliphatic heterocycles. The number of carbonyl (C=O) groups excluding carboxylic acids is 1. The number of likely N-dealkylation sites (tertiary alicyclic amines) is 2. The zero-order chi connectivity index (χ0) is 18.8. The molecule has 1 aromatic rings. The molecule has 0 spiro atoms. The van der Waals surface area contributed by atoms with Crippen molar-refractivity contribution in [3.63, 3.8) is 0 Å². The number of fused-ring (bicyclic) bond motifs is 1. The molecule has 3 atom stereocenters. The molecule has 3 heterocycles. The zero-order valence-electron chi connectivity index (χ0n) is 16.6. The summed E-state index contributed by atoms with van der Waals surface area (Å²) in [6.45, 7) is 6.62. The van der Waals surface area contributed by atoms with Crippen LogP contribution >= 0.6 is 0 Å². The fraction of sp³-hybridized carbons (Fsp3) is 0.682. The van der Waals surface area contributed by atoms with Gasteiger partial charge >= 0.3 is 0 Å². The van der Waals surface area contributed by atoms with Gasteiger partial charge in [0.05, 0.1) is 19.1 Å². The van der Waals surface area contributed by atoms with E-state index in [2.05, 4.69) is 28.9 Å². The minimum absolute atomic E-state index is 0.0587. The van der Waals surface area contributed by atoms with Crippen LogP contribution in [0, 0.1) is 11.8 Å². The van der Waals surface area contributed by atoms with Crippen LogP contribution in [0.15, 0.2) is 24.3 Å². The van der Waals surface area contributed by atoms with E-state index in [1.54, 1.807) is 7.11 Å². The van der Waals surface area contributed by atoms with Gasteiger partial charge in [-0.1, -0.05) is 19.1 Å². The lowest BCUT2D eigenvalue weighted by Crippen LogP contribution is -2.53. The maximum absolute atomic E-state index is 13.2.